The van der Waals surface area contributed by atoms with E-state index >= 15 is 0 Å². The fourth-order valence-corrected chi connectivity index (χ4v) is 2.46. The zero-order valence-electron chi connectivity index (χ0n) is 14.5. The van der Waals surface area contributed by atoms with Gasteiger partial charge in [0.1, 0.15) is 19.3 Å². The van der Waals surface area contributed by atoms with E-state index in [-0.39, 0.29) is 25.2 Å². The number of likely N-dealkylation sites (tertiary alicyclic amines) is 1. The molecule has 0 radical (unpaired) electrons. The van der Waals surface area contributed by atoms with E-state index in [1.54, 1.807) is 17.0 Å². The van der Waals surface area contributed by atoms with E-state index in [2.05, 4.69) is 10.3 Å². The first-order valence-corrected chi connectivity index (χ1v) is 8.39. The zero-order valence-corrected chi connectivity index (χ0v) is 14.5. The lowest BCUT2D eigenvalue weighted by Gasteiger charge is -2.38. The van der Waals surface area contributed by atoms with Gasteiger partial charge in [-0.2, -0.15) is 5.26 Å². The maximum absolute atomic E-state index is 12.0. The number of nitrogens with zero attached hydrogens (tertiary/aromatic N) is 3. The third-order valence-corrected chi connectivity index (χ3v) is 3.95. The topological polar surface area (TPSA) is 105 Å². The highest BCUT2D eigenvalue weighted by molar-refractivity contribution is 5.82. The number of amides is 2. The van der Waals surface area contributed by atoms with Crippen LogP contribution in [0.25, 0.3) is 0 Å². The Bertz CT molecular complexity index is 844. The van der Waals surface area contributed by atoms with Gasteiger partial charge in [-0.25, -0.2) is 9.78 Å². The molecule has 2 aromatic rings. The molecule has 27 heavy (non-hydrogen) atoms. The van der Waals surface area contributed by atoms with Gasteiger partial charge in [0.25, 0.3) is 0 Å². The molecule has 1 aromatic carbocycles. The predicted molar refractivity (Wildman–Crippen MR) is 94.6 cm³/mol. The third kappa shape index (κ3) is 5.19. The molecule has 0 unspecified atom stereocenters. The minimum atomic E-state index is -0.641. The van der Waals surface area contributed by atoms with Gasteiger partial charge >= 0.3 is 6.09 Å². The zero-order chi connectivity index (χ0) is 19.1. The van der Waals surface area contributed by atoms with E-state index in [9.17, 15) is 9.59 Å². The van der Waals surface area contributed by atoms with Crippen LogP contribution in [0.2, 0.25) is 0 Å². The number of rotatable bonds is 6. The molecule has 0 atom stereocenters. The van der Waals surface area contributed by atoms with Gasteiger partial charge < -0.3 is 19.7 Å². The lowest BCUT2D eigenvalue weighted by atomic mass is 10.1. The summed E-state index contributed by atoms with van der Waals surface area (Å²) in [6.07, 6.45) is 0.680. The van der Waals surface area contributed by atoms with Gasteiger partial charge in [0.05, 0.1) is 24.7 Å². The predicted octanol–water partition coefficient (Wildman–Crippen LogP) is 1.47. The van der Waals surface area contributed by atoms with Gasteiger partial charge in [-0.1, -0.05) is 30.3 Å². The maximum Gasteiger partial charge on any atom is 0.407 e. The highest BCUT2D eigenvalue weighted by Gasteiger charge is 2.32. The Balaban J connectivity index is 1.34. The van der Waals surface area contributed by atoms with Gasteiger partial charge in [-0.05, 0) is 11.6 Å². The van der Waals surface area contributed by atoms with E-state index in [1.165, 1.54) is 6.20 Å². The van der Waals surface area contributed by atoms with Crippen LogP contribution in [0.5, 0.6) is 5.88 Å². The number of aromatic nitrogens is 1. The number of pyridine rings is 1. The van der Waals surface area contributed by atoms with E-state index in [0.29, 0.717) is 24.5 Å². The van der Waals surface area contributed by atoms with Crippen molar-refractivity contribution in [1.29, 1.82) is 5.26 Å². The molecule has 8 heteroatoms. The normalized spacial score (nSPS) is 13.2. The first-order chi connectivity index (χ1) is 13.1. The number of hydrogen-bond acceptors (Lipinski definition) is 6. The summed E-state index contributed by atoms with van der Waals surface area (Å²) in [5, 5.41) is 11.3. The van der Waals surface area contributed by atoms with Crippen molar-refractivity contribution >= 4 is 12.0 Å². The van der Waals surface area contributed by atoms with E-state index < -0.39 is 6.09 Å². The molecule has 2 amide bonds. The van der Waals surface area contributed by atoms with Crippen molar-refractivity contribution in [3.05, 3.63) is 59.8 Å². The summed E-state index contributed by atoms with van der Waals surface area (Å²) in [5.41, 5.74) is 1.33. The lowest BCUT2D eigenvalue weighted by Crippen LogP contribution is -2.58. The van der Waals surface area contributed by atoms with E-state index in [4.69, 9.17) is 14.7 Å². The van der Waals surface area contributed by atoms with Gasteiger partial charge in [0.15, 0.2) is 0 Å². The molecule has 0 saturated carbocycles. The monoisotopic (exact) mass is 366 g/mol. The molecule has 3 rings (SSSR count). The standard InChI is InChI=1S/C19H18N4O4/c20-9-15-6-7-21-17(8-15)27-16-11-23(12-16)18(24)10-22-19(25)26-13-14-4-2-1-3-5-14/h1-8,16H,10-13H2,(H,22,25). The first-order valence-electron chi connectivity index (χ1n) is 8.39. The number of benzene rings is 1. The van der Waals surface area contributed by atoms with Crippen molar-refractivity contribution < 1.29 is 19.1 Å². The molecule has 1 aliphatic heterocycles. The molecule has 8 nitrogen and oxygen atoms in total. The van der Waals surface area contributed by atoms with Crippen molar-refractivity contribution in [2.45, 2.75) is 12.7 Å². The minimum Gasteiger partial charge on any atom is -0.471 e. The number of carbonyl (C=O) groups is 2. The molecule has 2 heterocycles. The molecule has 0 aliphatic carbocycles. The Labute approximate surface area is 156 Å². The molecule has 1 fully saturated rings. The van der Waals surface area contributed by atoms with Crippen LogP contribution in [0.3, 0.4) is 0 Å². The summed E-state index contributed by atoms with van der Waals surface area (Å²) in [7, 11) is 0. The number of ether oxygens (including phenoxy) is 2. The van der Waals surface area contributed by atoms with Crippen LogP contribution in [0.15, 0.2) is 48.7 Å². The van der Waals surface area contributed by atoms with Crippen LogP contribution in [0, 0.1) is 11.3 Å². The van der Waals surface area contributed by atoms with Crippen molar-refractivity contribution in [2.24, 2.45) is 0 Å². The smallest absolute Gasteiger partial charge is 0.407 e. The van der Waals surface area contributed by atoms with Gasteiger partial charge in [-0.3, -0.25) is 4.79 Å². The van der Waals surface area contributed by atoms with Gasteiger partial charge in [-0.15, -0.1) is 0 Å². The van der Waals surface area contributed by atoms with Crippen molar-refractivity contribution in [3.63, 3.8) is 0 Å². The maximum atomic E-state index is 12.0. The average molecular weight is 366 g/mol. The highest BCUT2D eigenvalue weighted by atomic mass is 16.5. The summed E-state index contributed by atoms with van der Waals surface area (Å²) in [6.45, 7) is 0.813. The molecular formula is C19H18N4O4. The van der Waals surface area contributed by atoms with Crippen LogP contribution in [-0.4, -0.2) is 47.6 Å². The molecule has 1 N–H and O–H groups in total. The summed E-state index contributed by atoms with van der Waals surface area (Å²) in [4.78, 5) is 29.3. The fourth-order valence-electron chi connectivity index (χ4n) is 2.46. The second-order valence-corrected chi connectivity index (χ2v) is 5.95. The van der Waals surface area contributed by atoms with Crippen LogP contribution >= 0.6 is 0 Å². The van der Waals surface area contributed by atoms with E-state index in [1.807, 2.05) is 36.4 Å². The third-order valence-electron chi connectivity index (χ3n) is 3.95. The van der Waals surface area contributed by atoms with Crippen molar-refractivity contribution in [1.82, 2.24) is 15.2 Å². The van der Waals surface area contributed by atoms with Crippen LogP contribution in [0.4, 0.5) is 4.79 Å². The van der Waals surface area contributed by atoms with Gasteiger partial charge in [0, 0.05) is 12.3 Å². The number of alkyl carbamates (subject to hydrolysis) is 1. The molecule has 1 aromatic heterocycles. The molecule has 138 valence electrons. The Hall–Kier alpha value is -3.60. The molecule has 1 aliphatic rings. The quantitative estimate of drug-likeness (QED) is 0.830. The Morgan fingerprint density at radius 3 is 2.78 bits per heavy atom. The largest absolute Gasteiger partial charge is 0.471 e. The Morgan fingerprint density at radius 1 is 1.26 bits per heavy atom. The Morgan fingerprint density at radius 2 is 2.04 bits per heavy atom. The second-order valence-electron chi connectivity index (χ2n) is 5.95. The summed E-state index contributed by atoms with van der Waals surface area (Å²) < 4.78 is 10.7. The highest BCUT2D eigenvalue weighted by Crippen LogP contribution is 2.16. The number of carbonyl (C=O) groups excluding carboxylic acids is 2. The van der Waals surface area contributed by atoms with Crippen LogP contribution in [-0.2, 0) is 16.1 Å². The number of nitrogens with one attached hydrogen (secondary N) is 1. The summed E-state index contributed by atoms with van der Waals surface area (Å²) in [6, 6.07) is 14.4. The van der Waals surface area contributed by atoms with E-state index in [0.717, 1.165) is 5.56 Å². The lowest BCUT2D eigenvalue weighted by molar-refractivity contribution is -0.139. The number of hydrogen-bond donors (Lipinski definition) is 1. The minimum absolute atomic E-state index is 0.136. The van der Waals surface area contributed by atoms with Crippen LogP contribution in [0.1, 0.15) is 11.1 Å². The van der Waals surface area contributed by atoms with Crippen molar-refractivity contribution in [3.8, 4) is 11.9 Å². The van der Waals surface area contributed by atoms with Crippen LogP contribution < -0.4 is 10.1 Å². The summed E-state index contributed by atoms with van der Waals surface area (Å²) >= 11 is 0. The Kier molecular flexibility index (Phi) is 5.84. The number of nitriles is 1. The van der Waals surface area contributed by atoms with Gasteiger partial charge in [0.2, 0.25) is 11.8 Å². The second kappa shape index (κ2) is 8.67. The molecule has 0 spiro atoms. The molecule has 0 bridgehead atoms. The SMILES string of the molecule is N#Cc1ccnc(OC2CN(C(=O)CNC(=O)OCc3ccccc3)C2)c1. The molecule has 1 saturated heterocycles. The fraction of sp³-hybridized carbons (Fsp3) is 0.263. The molecular weight excluding hydrogens is 348 g/mol. The summed E-state index contributed by atoms with van der Waals surface area (Å²) in [5.74, 6) is 0.138. The average Bonchev–Trinajstić information content (AvgIpc) is 2.68. The van der Waals surface area contributed by atoms with Crippen molar-refractivity contribution in [2.75, 3.05) is 19.6 Å². The first kappa shape index (κ1) is 18.2.